The molecule has 0 saturated heterocycles. The van der Waals surface area contributed by atoms with Crippen molar-refractivity contribution in [1.82, 2.24) is 5.32 Å². The maximum absolute atomic E-state index is 13.3. The van der Waals surface area contributed by atoms with E-state index in [4.69, 9.17) is 0 Å². The van der Waals surface area contributed by atoms with Gasteiger partial charge in [-0.25, -0.2) is 4.39 Å². The quantitative estimate of drug-likeness (QED) is 0.822. The maximum atomic E-state index is 13.3. The number of carbonyl (C=O) groups is 1. The first-order valence-corrected chi connectivity index (χ1v) is 6.37. The van der Waals surface area contributed by atoms with E-state index in [9.17, 15) is 14.3 Å². The Morgan fingerprint density at radius 1 is 1.59 bits per heavy atom. The van der Waals surface area contributed by atoms with Crippen LogP contribution in [0.25, 0.3) is 0 Å². The molecule has 0 radical (unpaired) electrons. The van der Waals surface area contributed by atoms with Crippen molar-refractivity contribution in [2.75, 3.05) is 6.54 Å². The summed E-state index contributed by atoms with van der Waals surface area (Å²) in [7, 11) is 0. The van der Waals surface area contributed by atoms with Crippen molar-refractivity contribution in [3.8, 4) is 5.75 Å². The molecular weight excluding hydrogens is 289 g/mol. The number of halogens is 2. The van der Waals surface area contributed by atoms with E-state index in [0.29, 0.717) is 6.54 Å². The predicted molar refractivity (Wildman–Crippen MR) is 68.0 cm³/mol. The van der Waals surface area contributed by atoms with Crippen molar-refractivity contribution in [1.29, 1.82) is 0 Å². The number of phenolic OH excluding ortho intramolecular Hbond substituents is 1. The van der Waals surface area contributed by atoms with E-state index < -0.39 is 11.7 Å². The summed E-state index contributed by atoms with van der Waals surface area (Å²) in [6.07, 6.45) is 1.92. The van der Waals surface area contributed by atoms with Crippen LogP contribution in [0.15, 0.2) is 18.2 Å². The number of hydrogen-bond donors (Lipinski definition) is 2. The molecular formula is C12H15BrFNO2. The van der Waals surface area contributed by atoms with E-state index in [1.165, 1.54) is 12.1 Å². The Morgan fingerprint density at radius 2 is 2.29 bits per heavy atom. The Balaban J connectivity index is 2.64. The Bertz CT molecular complexity index is 378. The van der Waals surface area contributed by atoms with Gasteiger partial charge in [0.25, 0.3) is 5.91 Å². The molecule has 94 valence electrons. The van der Waals surface area contributed by atoms with Gasteiger partial charge >= 0.3 is 0 Å². The average molecular weight is 304 g/mol. The van der Waals surface area contributed by atoms with Crippen molar-refractivity contribution in [2.24, 2.45) is 0 Å². The zero-order valence-electron chi connectivity index (χ0n) is 9.54. The summed E-state index contributed by atoms with van der Waals surface area (Å²) in [6.45, 7) is 2.44. The van der Waals surface area contributed by atoms with E-state index in [2.05, 4.69) is 21.2 Å². The summed E-state index contributed by atoms with van der Waals surface area (Å²) < 4.78 is 13.3. The zero-order chi connectivity index (χ0) is 12.8. The normalized spacial score (nSPS) is 12.2. The van der Waals surface area contributed by atoms with Gasteiger partial charge in [-0.2, -0.15) is 0 Å². The van der Waals surface area contributed by atoms with Crippen molar-refractivity contribution in [3.05, 3.63) is 29.6 Å². The second-order valence-corrected chi connectivity index (χ2v) is 5.02. The van der Waals surface area contributed by atoms with Crippen LogP contribution in [0.2, 0.25) is 0 Å². The summed E-state index contributed by atoms with van der Waals surface area (Å²) in [5.74, 6) is -1.66. The van der Waals surface area contributed by atoms with E-state index in [0.717, 1.165) is 18.9 Å². The molecule has 0 bridgehead atoms. The van der Waals surface area contributed by atoms with Crippen LogP contribution in [0.4, 0.5) is 4.39 Å². The van der Waals surface area contributed by atoms with Gasteiger partial charge in [0.2, 0.25) is 0 Å². The molecule has 1 aromatic rings. The third kappa shape index (κ3) is 4.00. The van der Waals surface area contributed by atoms with Gasteiger partial charge in [0.15, 0.2) is 0 Å². The number of rotatable bonds is 5. The third-order valence-electron chi connectivity index (χ3n) is 2.30. The molecule has 0 saturated carbocycles. The largest absolute Gasteiger partial charge is 0.507 e. The van der Waals surface area contributed by atoms with E-state index in [-0.39, 0.29) is 16.1 Å². The van der Waals surface area contributed by atoms with Crippen LogP contribution in [-0.2, 0) is 0 Å². The fourth-order valence-corrected chi connectivity index (χ4v) is 2.06. The van der Waals surface area contributed by atoms with Crippen molar-refractivity contribution in [3.63, 3.8) is 0 Å². The molecule has 1 amide bonds. The maximum Gasteiger partial charge on any atom is 0.258 e. The lowest BCUT2D eigenvalue weighted by molar-refractivity contribution is 0.0947. The summed E-state index contributed by atoms with van der Waals surface area (Å²) >= 11 is 3.41. The molecule has 0 aliphatic carbocycles. The minimum atomic E-state index is -0.718. The van der Waals surface area contributed by atoms with Crippen LogP contribution in [0.1, 0.15) is 30.1 Å². The lowest BCUT2D eigenvalue weighted by atomic mass is 10.1. The predicted octanol–water partition coefficient (Wildman–Crippen LogP) is 2.82. The molecule has 0 aliphatic heterocycles. The summed E-state index contributed by atoms with van der Waals surface area (Å²) in [5.41, 5.74) is -0.302. The second kappa shape index (κ2) is 6.59. The highest BCUT2D eigenvalue weighted by Gasteiger charge is 2.16. The molecule has 1 unspecified atom stereocenters. The Morgan fingerprint density at radius 3 is 2.88 bits per heavy atom. The number of carbonyl (C=O) groups excluding carboxylic acids is 1. The van der Waals surface area contributed by atoms with Gasteiger partial charge in [-0.3, -0.25) is 4.79 Å². The number of nitrogens with one attached hydrogen (secondary N) is 1. The molecule has 5 heteroatoms. The van der Waals surface area contributed by atoms with Crippen LogP contribution in [0, 0.1) is 5.82 Å². The third-order valence-corrected chi connectivity index (χ3v) is 3.09. The highest BCUT2D eigenvalue weighted by molar-refractivity contribution is 9.09. The molecule has 0 heterocycles. The lowest BCUT2D eigenvalue weighted by Gasteiger charge is -2.11. The number of alkyl halides is 1. The SMILES string of the molecule is CCCC(Br)CNC(=O)c1c(O)cccc1F. The van der Waals surface area contributed by atoms with E-state index in [1.807, 2.05) is 6.92 Å². The number of benzene rings is 1. The number of phenols is 1. The number of aromatic hydroxyl groups is 1. The lowest BCUT2D eigenvalue weighted by Crippen LogP contribution is -2.30. The Kier molecular flexibility index (Phi) is 5.41. The highest BCUT2D eigenvalue weighted by Crippen LogP contribution is 2.19. The first-order valence-electron chi connectivity index (χ1n) is 5.46. The molecule has 3 nitrogen and oxygen atoms in total. The monoisotopic (exact) mass is 303 g/mol. The number of amides is 1. The van der Waals surface area contributed by atoms with E-state index >= 15 is 0 Å². The van der Waals surface area contributed by atoms with Crippen LogP contribution in [-0.4, -0.2) is 22.4 Å². The van der Waals surface area contributed by atoms with Crippen LogP contribution in [0.5, 0.6) is 5.75 Å². The summed E-state index contributed by atoms with van der Waals surface area (Å²) in [5, 5.41) is 12.0. The van der Waals surface area contributed by atoms with Gasteiger partial charge in [-0.05, 0) is 18.6 Å². The number of hydrogen-bond acceptors (Lipinski definition) is 2. The topological polar surface area (TPSA) is 49.3 Å². The standard InChI is InChI=1S/C12H15BrFNO2/c1-2-4-8(13)7-15-12(17)11-9(14)5-3-6-10(11)16/h3,5-6,8,16H,2,4,7H2,1H3,(H,15,17). The van der Waals surface area contributed by atoms with Gasteiger partial charge in [0, 0.05) is 11.4 Å². The van der Waals surface area contributed by atoms with Crippen molar-refractivity contribution in [2.45, 2.75) is 24.6 Å². The van der Waals surface area contributed by atoms with Gasteiger partial charge in [0.1, 0.15) is 17.1 Å². The molecule has 0 fully saturated rings. The fraction of sp³-hybridized carbons (Fsp3) is 0.417. The summed E-state index contributed by atoms with van der Waals surface area (Å²) in [4.78, 5) is 11.8. The Hall–Kier alpha value is -1.10. The molecule has 0 aliphatic rings. The molecule has 1 atom stereocenters. The van der Waals surface area contributed by atoms with E-state index in [1.54, 1.807) is 0 Å². The van der Waals surface area contributed by atoms with Gasteiger partial charge in [0.05, 0.1) is 0 Å². The van der Waals surface area contributed by atoms with Crippen molar-refractivity contribution < 1.29 is 14.3 Å². The van der Waals surface area contributed by atoms with Crippen LogP contribution in [0.3, 0.4) is 0 Å². The molecule has 2 N–H and O–H groups in total. The first-order chi connectivity index (χ1) is 8.06. The minimum Gasteiger partial charge on any atom is -0.507 e. The molecule has 17 heavy (non-hydrogen) atoms. The highest BCUT2D eigenvalue weighted by atomic mass is 79.9. The van der Waals surface area contributed by atoms with Crippen molar-refractivity contribution >= 4 is 21.8 Å². The zero-order valence-corrected chi connectivity index (χ0v) is 11.1. The molecule has 0 aromatic heterocycles. The molecule has 0 spiro atoms. The van der Waals surface area contributed by atoms with Gasteiger partial charge in [-0.1, -0.05) is 35.3 Å². The second-order valence-electron chi connectivity index (χ2n) is 3.73. The summed E-state index contributed by atoms with van der Waals surface area (Å²) in [6, 6.07) is 3.79. The first kappa shape index (κ1) is 14.0. The van der Waals surface area contributed by atoms with Gasteiger partial charge in [-0.15, -0.1) is 0 Å². The average Bonchev–Trinajstić information content (AvgIpc) is 2.26. The van der Waals surface area contributed by atoms with Crippen LogP contribution < -0.4 is 5.32 Å². The molecule has 1 aromatic carbocycles. The smallest absolute Gasteiger partial charge is 0.258 e. The van der Waals surface area contributed by atoms with Crippen LogP contribution >= 0.6 is 15.9 Å². The fourth-order valence-electron chi connectivity index (χ4n) is 1.44. The Labute approximate surface area is 108 Å². The minimum absolute atomic E-state index is 0.158. The van der Waals surface area contributed by atoms with Gasteiger partial charge < -0.3 is 10.4 Å². The molecule has 1 rings (SSSR count).